The first-order chi connectivity index (χ1) is 13.1. The van der Waals surface area contributed by atoms with Crippen molar-refractivity contribution in [2.24, 2.45) is 5.92 Å². The predicted molar refractivity (Wildman–Crippen MR) is 108 cm³/mol. The van der Waals surface area contributed by atoms with Gasteiger partial charge in [0.1, 0.15) is 5.54 Å². The molecular weight excluding hydrogens is 380 g/mol. The van der Waals surface area contributed by atoms with Crippen LogP contribution in [0.3, 0.4) is 0 Å². The van der Waals surface area contributed by atoms with Gasteiger partial charge in [-0.3, -0.25) is 10.1 Å². The normalized spacial score (nSPS) is 32.5. The third-order valence-electron chi connectivity index (χ3n) is 6.18. The van der Waals surface area contributed by atoms with Gasteiger partial charge in [0.15, 0.2) is 0 Å². The van der Waals surface area contributed by atoms with Gasteiger partial charge in [0.25, 0.3) is 5.91 Å². The first-order valence-corrected chi connectivity index (χ1v) is 9.84. The minimum absolute atomic E-state index is 0. The number of amides is 3. The first kappa shape index (κ1) is 21.0. The highest BCUT2D eigenvalue weighted by Crippen LogP contribution is 2.30. The van der Waals surface area contributed by atoms with Gasteiger partial charge in [-0.25, -0.2) is 4.79 Å². The van der Waals surface area contributed by atoms with Gasteiger partial charge in [-0.15, -0.1) is 12.4 Å². The lowest BCUT2D eigenvalue weighted by molar-refractivity contribution is -0.123. The maximum Gasteiger partial charge on any atom is 0.322 e. The van der Waals surface area contributed by atoms with E-state index in [1.807, 2.05) is 24.3 Å². The number of urea groups is 1. The molecule has 1 aliphatic carbocycles. The van der Waals surface area contributed by atoms with E-state index in [9.17, 15) is 9.59 Å². The van der Waals surface area contributed by atoms with E-state index >= 15 is 0 Å². The fourth-order valence-corrected chi connectivity index (χ4v) is 4.54. The Balaban J connectivity index is 0.00000225. The molecule has 4 N–H and O–H groups in total. The zero-order valence-electron chi connectivity index (χ0n) is 16.1. The van der Waals surface area contributed by atoms with E-state index in [0.717, 1.165) is 31.9 Å². The highest BCUT2D eigenvalue weighted by atomic mass is 35.5. The zero-order chi connectivity index (χ0) is 18.9. The number of carbonyl (C=O) groups excluding carboxylic acids is 2. The number of hydrogen-bond donors (Lipinski definition) is 4. The Bertz CT molecular complexity index is 708. The Hall–Kier alpha value is -1.67. The standard InChI is InChI=1S/C20H28N4O3.ClH/c1-20(18(25)23-19(26)24-20)14-7-5-13(6-8-14)11-22-16-4-2-3-15(16)17-12-27-10-9-21-17;/h5-8,15-17,21-22H,2-4,9-12H2,1H3,(H2,23,24,25,26);1H. The van der Waals surface area contributed by atoms with E-state index in [1.54, 1.807) is 6.92 Å². The van der Waals surface area contributed by atoms with Gasteiger partial charge in [0.2, 0.25) is 0 Å². The molecule has 0 radical (unpaired) electrons. The molecule has 8 heteroatoms. The smallest absolute Gasteiger partial charge is 0.322 e. The van der Waals surface area contributed by atoms with Crippen molar-refractivity contribution in [2.45, 2.75) is 50.4 Å². The van der Waals surface area contributed by atoms with Crippen LogP contribution in [-0.2, 0) is 21.6 Å². The fraction of sp³-hybridized carbons (Fsp3) is 0.600. The van der Waals surface area contributed by atoms with Gasteiger partial charge >= 0.3 is 6.03 Å². The van der Waals surface area contributed by atoms with Crippen molar-refractivity contribution in [1.82, 2.24) is 21.3 Å². The molecule has 2 aliphatic heterocycles. The number of nitrogens with one attached hydrogen (secondary N) is 4. The SMILES string of the molecule is CC1(c2ccc(CNC3CCCC3C3COCCN3)cc2)NC(=O)NC1=O.Cl. The number of benzene rings is 1. The molecule has 7 nitrogen and oxygen atoms in total. The molecule has 0 bridgehead atoms. The summed E-state index contributed by atoms with van der Waals surface area (Å²) < 4.78 is 5.64. The number of rotatable bonds is 5. The number of ether oxygens (including phenoxy) is 1. The van der Waals surface area contributed by atoms with Crippen LogP contribution < -0.4 is 21.3 Å². The summed E-state index contributed by atoms with van der Waals surface area (Å²) in [6, 6.07) is 8.40. The Labute approximate surface area is 171 Å². The van der Waals surface area contributed by atoms with Crippen LogP contribution in [0.4, 0.5) is 4.79 Å². The van der Waals surface area contributed by atoms with Gasteiger partial charge in [-0.1, -0.05) is 30.7 Å². The molecule has 3 aliphatic rings. The van der Waals surface area contributed by atoms with Crippen LogP contribution in [0.15, 0.2) is 24.3 Å². The molecule has 1 saturated carbocycles. The minimum Gasteiger partial charge on any atom is -0.379 e. The van der Waals surface area contributed by atoms with Crippen molar-refractivity contribution < 1.29 is 14.3 Å². The second-order valence-corrected chi connectivity index (χ2v) is 7.95. The number of hydrogen-bond acceptors (Lipinski definition) is 5. The summed E-state index contributed by atoms with van der Waals surface area (Å²) in [5.41, 5.74) is 0.967. The molecule has 0 spiro atoms. The summed E-state index contributed by atoms with van der Waals surface area (Å²) in [7, 11) is 0. The van der Waals surface area contributed by atoms with E-state index in [0.29, 0.717) is 18.0 Å². The van der Waals surface area contributed by atoms with Gasteiger partial charge in [-0.2, -0.15) is 0 Å². The molecular formula is C20H29ClN4O3. The monoisotopic (exact) mass is 408 g/mol. The summed E-state index contributed by atoms with van der Waals surface area (Å²) in [5.74, 6) is 0.301. The summed E-state index contributed by atoms with van der Waals surface area (Å²) in [6.07, 6.45) is 3.70. The molecule has 0 aromatic heterocycles. The minimum atomic E-state index is -0.994. The highest BCUT2D eigenvalue weighted by molar-refractivity contribution is 6.07. The molecule has 2 heterocycles. The summed E-state index contributed by atoms with van der Waals surface area (Å²) in [5, 5.41) is 12.3. The summed E-state index contributed by atoms with van der Waals surface area (Å²) >= 11 is 0. The van der Waals surface area contributed by atoms with E-state index in [-0.39, 0.29) is 18.3 Å². The van der Waals surface area contributed by atoms with Crippen molar-refractivity contribution >= 4 is 24.3 Å². The zero-order valence-corrected chi connectivity index (χ0v) is 16.9. The fourth-order valence-electron chi connectivity index (χ4n) is 4.54. The van der Waals surface area contributed by atoms with Crippen molar-refractivity contribution in [3.8, 4) is 0 Å². The Morgan fingerprint density at radius 3 is 2.64 bits per heavy atom. The molecule has 4 atom stereocenters. The largest absolute Gasteiger partial charge is 0.379 e. The molecule has 4 unspecified atom stereocenters. The predicted octanol–water partition coefficient (Wildman–Crippen LogP) is 1.41. The molecule has 3 fully saturated rings. The van der Waals surface area contributed by atoms with Crippen LogP contribution in [0, 0.1) is 5.92 Å². The molecule has 4 rings (SSSR count). The van der Waals surface area contributed by atoms with Gasteiger partial charge in [0, 0.05) is 25.2 Å². The number of imide groups is 1. The average molecular weight is 409 g/mol. The van der Waals surface area contributed by atoms with Crippen LogP contribution in [0.1, 0.15) is 37.3 Å². The molecule has 2 saturated heterocycles. The second-order valence-electron chi connectivity index (χ2n) is 7.95. The maximum absolute atomic E-state index is 12.1. The third kappa shape index (κ3) is 4.17. The van der Waals surface area contributed by atoms with Crippen LogP contribution in [0.5, 0.6) is 0 Å². The van der Waals surface area contributed by atoms with Gasteiger partial charge < -0.3 is 20.7 Å². The number of carbonyl (C=O) groups is 2. The molecule has 1 aromatic carbocycles. The van der Waals surface area contributed by atoms with Crippen molar-refractivity contribution in [3.05, 3.63) is 35.4 Å². The Morgan fingerprint density at radius 2 is 2.00 bits per heavy atom. The van der Waals surface area contributed by atoms with E-state index in [4.69, 9.17) is 4.74 Å². The van der Waals surface area contributed by atoms with E-state index < -0.39 is 11.6 Å². The third-order valence-corrected chi connectivity index (χ3v) is 6.18. The lowest BCUT2D eigenvalue weighted by Gasteiger charge is -2.33. The van der Waals surface area contributed by atoms with Crippen molar-refractivity contribution in [3.63, 3.8) is 0 Å². The summed E-state index contributed by atoms with van der Waals surface area (Å²) in [4.78, 5) is 23.5. The maximum atomic E-state index is 12.1. The number of morpholine rings is 1. The molecule has 3 amide bonds. The number of halogens is 1. The topological polar surface area (TPSA) is 91.5 Å². The Kier molecular flexibility index (Phi) is 6.60. The highest BCUT2D eigenvalue weighted by Gasteiger charge is 2.43. The molecule has 28 heavy (non-hydrogen) atoms. The van der Waals surface area contributed by atoms with Gasteiger partial charge in [0.05, 0.1) is 13.2 Å². The Morgan fingerprint density at radius 1 is 1.21 bits per heavy atom. The van der Waals surface area contributed by atoms with Crippen LogP contribution in [0.2, 0.25) is 0 Å². The van der Waals surface area contributed by atoms with Crippen molar-refractivity contribution in [2.75, 3.05) is 19.8 Å². The average Bonchev–Trinajstić information content (AvgIpc) is 3.25. The lowest BCUT2D eigenvalue weighted by Crippen LogP contribution is -2.50. The summed E-state index contributed by atoms with van der Waals surface area (Å²) in [6.45, 7) is 5.08. The molecule has 154 valence electrons. The van der Waals surface area contributed by atoms with Crippen LogP contribution >= 0.6 is 12.4 Å². The first-order valence-electron chi connectivity index (χ1n) is 9.84. The van der Waals surface area contributed by atoms with Crippen LogP contribution in [0.25, 0.3) is 0 Å². The van der Waals surface area contributed by atoms with Crippen molar-refractivity contribution in [1.29, 1.82) is 0 Å². The van der Waals surface area contributed by atoms with E-state index in [1.165, 1.54) is 24.8 Å². The molecule has 1 aromatic rings. The van der Waals surface area contributed by atoms with Gasteiger partial charge in [-0.05, 0) is 36.8 Å². The lowest BCUT2D eigenvalue weighted by atomic mass is 9.91. The quantitative estimate of drug-likeness (QED) is 0.553. The van der Waals surface area contributed by atoms with Crippen LogP contribution in [-0.4, -0.2) is 43.8 Å². The second kappa shape index (κ2) is 8.78. The van der Waals surface area contributed by atoms with E-state index in [2.05, 4.69) is 21.3 Å².